The first-order valence-electron chi connectivity index (χ1n) is 7.86. The SMILES string of the molecule is CCN(CC)S(=O)(=O)c1ccc(N(C)Cc2ccc(Br)cc2)[nH+]c1. The van der Waals surface area contributed by atoms with Crippen LogP contribution in [0.3, 0.4) is 0 Å². The summed E-state index contributed by atoms with van der Waals surface area (Å²) in [6.07, 6.45) is 1.56. The number of nitrogens with zero attached hydrogens (tertiary/aromatic N) is 2. The van der Waals surface area contributed by atoms with Crippen LogP contribution in [0.4, 0.5) is 5.82 Å². The Morgan fingerprint density at radius 2 is 1.67 bits per heavy atom. The Balaban J connectivity index is 2.15. The lowest BCUT2D eigenvalue weighted by molar-refractivity contribution is -0.367. The Bertz CT molecular complexity index is 757. The Hall–Kier alpha value is -1.44. The molecule has 0 aliphatic carbocycles. The van der Waals surface area contributed by atoms with Gasteiger partial charge in [-0.05, 0) is 23.8 Å². The van der Waals surface area contributed by atoms with Crippen LogP contribution in [0.2, 0.25) is 0 Å². The van der Waals surface area contributed by atoms with Gasteiger partial charge in [0, 0.05) is 23.6 Å². The van der Waals surface area contributed by atoms with Crippen LogP contribution < -0.4 is 9.88 Å². The van der Waals surface area contributed by atoms with E-state index in [1.807, 2.05) is 37.9 Å². The van der Waals surface area contributed by atoms with Crippen molar-refractivity contribution in [2.45, 2.75) is 25.3 Å². The van der Waals surface area contributed by atoms with Crippen molar-refractivity contribution in [1.29, 1.82) is 0 Å². The molecule has 7 heteroatoms. The Morgan fingerprint density at radius 3 is 2.17 bits per heavy atom. The van der Waals surface area contributed by atoms with Crippen LogP contribution in [0.1, 0.15) is 19.4 Å². The van der Waals surface area contributed by atoms with Gasteiger partial charge in [-0.25, -0.2) is 13.4 Å². The Kier molecular flexibility index (Phi) is 6.37. The highest BCUT2D eigenvalue weighted by molar-refractivity contribution is 9.10. The van der Waals surface area contributed by atoms with Gasteiger partial charge in [-0.3, -0.25) is 4.90 Å². The van der Waals surface area contributed by atoms with Gasteiger partial charge in [0.15, 0.2) is 0 Å². The van der Waals surface area contributed by atoms with E-state index in [0.29, 0.717) is 13.1 Å². The van der Waals surface area contributed by atoms with Crippen LogP contribution in [0.5, 0.6) is 0 Å². The molecule has 0 saturated heterocycles. The number of pyridine rings is 1. The summed E-state index contributed by atoms with van der Waals surface area (Å²) in [6.45, 7) is 5.33. The van der Waals surface area contributed by atoms with Gasteiger partial charge >= 0.3 is 0 Å². The smallest absolute Gasteiger partial charge is 0.260 e. The van der Waals surface area contributed by atoms with Gasteiger partial charge in [-0.2, -0.15) is 4.31 Å². The summed E-state index contributed by atoms with van der Waals surface area (Å²) in [6, 6.07) is 11.6. The van der Waals surface area contributed by atoms with E-state index >= 15 is 0 Å². The fourth-order valence-corrected chi connectivity index (χ4v) is 4.15. The minimum Gasteiger partial charge on any atom is -0.260 e. The molecule has 24 heavy (non-hydrogen) atoms. The molecule has 0 atom stereocenters. The van der Waals surface area contributed by atoms with E-state index in [2.05, 4.69) is 33.0 Å². The van der Waals surface area contributed by atoms with Crippen molar-refractivity contribution in [3.63, 3.8) is 0 Å². The molecule has 1 N–H and O–H groups in total. The van der Waals surface area contributed by atoms with E-state index in [1.165, 1.54) is 9.87 Å². The number of halogens is 1. The van der Waals surface area contributed by atoms with Crippen LogP contribution >= 0.6 is 15.9 Å². The van der Waals surface area contributed by atoms with Crippen molar-refractivity contribution >= 4 is 31.8 Å². The third-order valence-corrected chi connectivity index (χ3v) is 6.43. The molecule has 0 radical (unpaired) electrons. The lowest BCUT2D eigenvalue weighted by Crippen LogP contribution is -2.32. The van der Waals surface area contributed by atoms with Gasteiger partial charge in [-0.15, -0.1) is 0 Å². The molecule has 2 rings (SSSR count). The average Bonchev–Trinajstić information content (AvgIpc) is 2.58. The molecule has 1 aromatic heterocycles. The molecule has 0 aliphatic heterocycles. The molecule has 0 saturated carbocycles. The molecular formula is C17H23BrN3O2S+. The molecular weight excluding hydrogens is 390 g/mol. The normalized spacial score (nSPS) is 11.7. The number of rotatable bonds is 7. The molecule has 0 spiro atoms. The molecule has 0 fully saturated rings. The van der Waals surface area contributed by atoms with E-state index in [1.54, 1.807) is 18.3 Å². The number of anilines is 1. The van der Waals surface area contributed by atoms with Crippen molar-refractivity contribution in [3.8, 4) is 0 Å². The molecule has 0 unspecified atom stereocenters. The lowest BCUT2D eigenvalue weighted by atomic mass is 10.2. The number of aromatic nitrogens is 1. The summed E-state index contributed by atoms with van der Waals surface area (Å²) in [5.41, 5.74) is 1.17. The highest BCUT2D eigenvalue weighted by atomic mass is 79.9. The number of hydrogen-bond donors (Lipinski definition) is 0. The van der Waals surface area contributed by atoms with Crippen LogP contribution in [0.15, 0.2) is 52.0 Å². The summed E-state index contributed by atoms with van der Waals surface area (Å²) < 4.78 is 27.5. The standard InChI is InChI=1S/C17H22BrN3O2S/c1-4-21(5-2)24(22,23)16-10-11-17(19-12-16)20(3)13-14-6-8-15(18)9-7-14/h6-12H,4-5,13H2,1-3H3/p+1. The van der Waals surface area contributed by atoms with Crippen molar-refractivity contribution in [1.82, 2.24) is 4.31 Å². The number of nitrogens with one attached hydrogen (secondary N) is 1. The third-order valence-electron chi connectivity index (χ3n) is 3.86. The maximum absolute atomic E-state index is 12.5. The molecule has 0 bridgehead atoms. The van der Waals surface area contributed by atoms with Crippen molar-refractivity contribution < 1.29 is 13.4 Å². The van der Waals surface area contributed by atoms with Gasteiger partial charge in [-0.1, -0.05) is 41.9 Å². The zero-order chi connectivity index (χ0) is 17.7. The van der Waals surface area contributed by atoms with E-state index in [4.69, 9.17) is 0 Å². The maximum Gasteiger partial charge on any atom is 0.274 e. The predicted molar refractivity (Wildman–Crippen MR) is 99.4 cm³/mol. The number of benzene rings is 1. The topological polar surface area (TPSA) is 54.8 Å². The van der Waals surface area contributed by atoms with Gasteiger partial charge in [0.1, 0.15) is 17.6 Å². The second-order valence-electron chi connectivity index (χ2n) is 5.48. The summed E-state index contributed by atoms with van der Waals surface area (Å²) in [7, 11) is -1.46. The van der Waals surface area contributed by atoms with Crippen molar-refractivity contribution in [2.24, 2.45) is 0 Å². The fourth-order valence-electron chi connectivity index (χ4n) is 2.46. The fraction of sp³-hybridized carbons (Fsp3) is 0.353. The molecule has 5 nitrogen and oxygen atoms in total. The molecule has 1 heterocycles. The summed E-state index contributed by atoms with van der Waals surface area (Å²) in [4.78, 5) is 5.41. The first-order valence-corrected chi connectivity index (χ1v) is 10.1. The monoisotopic (exact) mass is 412 g/mol. The average molecular weight is 413 g/mol. The second kappa shape index (κ2) is 8.09. The van der Waals surface area contributed by atoms with Gasteiger partial charge in [0.2, 0.25) is 10.0 Å². The van der Waals surface area contributed by atoms with Crippen LogP contribution in [-0.2, 0) is 16.6 Å². The minimum absolute atomic E-state index is 0.284. The highest BCUT2D eigenvalue weighted by Gasteiger charge is 2.23. The second-order valence-corrected chi connectivity index (χ2v) is 8.34. The zero-order valence-corrected chi connectivity index (χ0v) is 16.6. The molecule has 130 valence electrons. The van der Waals surface area contributed by atoms with Gasteiger partial charge in [0.05, 0.1) is 7.05 Å². The van der Waals surface area contributed by atoms with Crippen LogP contribution in [0, 0.1) is 0 Å². The summed E-state index contributed by atoms with van der Waals surface area (Å²) in [5, 5.41) is 0. The Morgan fingerprint density at radius 1 is 1.04 bits per heavy atom. The molecule has 1 aromatic carbocycles. The first kappa shape index (κ1) is 18.9. The zero-order valence-electron chi connectivity index (χ0n) is 14.2. The van der Waals surface area contributed by atoms with Gasteiger partial charge < -0.3 is 0 Å². The minimum atomic E-state index is -3.43. The van der Waals surface area contributed by atoms with E-state index in [0.717, 1.165) is 16.8 Å². The molecule has 0 amide bonds. The van der Waals surface area contributed by atoms with E-state index in [-0.39, 0.29) is 4.90 Å². The third kappa shape index (κ3) is 4.34. The lowest BCUT2D eigenvalue weighted by Gasteiger charge is -2.18. The number of aromatic amines is 1. The van der Waals surface area contributed by atoms with Crippen LogP contribution in [-0.4, -0.2) is 32.9 Å². The maximum atomic E-state index is 12.5. The van der Waals surface area contributed by atoms with E-state index in [9.17, 15) is 8.42 Å². The summed E-state index contributed by atoms with van der Waals surface area (Å²) in [5.74, 6) is 0.858. The molecule has 2 aromatic rings. The highest BCUT2D eigenvalue weighted by Crippen LogP contribution is 2.17. The van der Waals surface area contributed by atoms with Crippen molar-refractivity contribution in [3.05, 3.63) is 52.6 Å². The predicted octanol–water partition coefficient (Wildman–Crippen LogP) is 2.93. The summed E-state index contributed by atoms with van der Waals surface area (Å²) >= 11 is 3.43. The largest absolute Gasteiger partial charge is 0.274 e. The van der Waals surface area contributed by atoms with Crippen LogP contribution in [0.25, 0.3) is 0 Å². The van der Waals surface area contributed by atoms with E-state index < -0.39 is 10.0 Å². The number of hydrogen-bond acceptors (Lipinski definition) is 3. The van der Waals surface area contributed by atoms with Crippen molar-refractivity contribution in [2.75, 3.05) is 25.0 Å². The molecule has 0 aliphatic rings. The number of H-pyrrole nitrogens is 1. The Labute approximate surface area is 152 Å². The number of sulfonamides is 1. The first-order chi connectivity index (χ1) is 11.4. The quantitative estimate of drug-likeness (QED) is 0.702. The van der Waals surface area contributed by atoms with Gasteiger partial charge in [0.25, 0.3) is 5.82 Å².